The molecular formula is C23H29N5O. The molecule has 3 aromatic rings. The molecule has 0 unspecified atom stereocenters. The fourth-order valence-electron chi connectivity index (χ4n) is 3.62. The van der Waals surface area contributed by atoms with Crippen LogP contribution in [0.5, 0.6) is 0 Å². The van der Waals surface area contributed by atoms with E-state index in [4.69, 9.17) is 4.98 Å². The molecule has 4 rings (SSSR count). The number of aryl methyl sites for hydroxylation is 4. The van der Waals surface area contributed by atoms with E-state index < -0.39 is 0 Å². The van der Waals surface area contributed by atoms with Gasteiger partial charge in [0.15, 0.2) is 5.65 Å². The molecule has 1 fully saturated rings. The number of hydrogen-bond acceptors (Lipinski definition) is 3. The predicted molar refractivity (Wildman–Crippen MR) is 118 cm³/mol. The maximum Gasteiger partial charge on any atom is 0.319 e. The van der Waals surface area contributed by atoms with Crippen molar-refractivity contribution < 1.29 is 4.79 Å². The standard InChI is InChI=1S/C23H29N5O/c1-14-6-5-7-15(2)20(14)12-24-21-10-19(27-23(29)25-11-18-8-9-18)13-28-17(4)16(3)26-22(21)28/h5-7,10,13,18,24H,8-9,11-12H2,1-4H3,(H2,25,27,29). The number of nitrogens with zero attached hydrogens (tertiary/aromatic N) is 2. The molecule has 0 spiro atoms. The molecule has 1 aromatic carbocycles. The average molecular weight is 392 g/mol. The minimum absolute atomic E-state index is 0.161. The van der Waals surface area contributed by atoms with Crippen LogP contribution in [0.3, 0.4) is 0 Å². The molecule has 1 aliphatic rings. The molecule has 2 heterocycles. The van der Waals surface area contributed by atoms with Crippen LogP contribution in [0.2, 0.25) is 0 Å². The van der Waals surface area contributed by atoms with Crippen LogP contribution in [0, 0.1) is 33.6 Å². The van der Waals surface area contributed by atoms with Crippen LogP contribution in [0.4, 0.5) is 16.2 Å². The molecule has 6 nitrogen and oxygen atoms in total. The van der Waals surface area contributed by atoms with Gasteiger partial charge in [-0.3, -0.25) is 0 Å². The van der Waals surface area contributed by atoms with Gasteiger partial charge in [0.2, 0.25) is 0 Å². The van der Waals surface area contributed by atoms with E-state index in [0.29, 0.717) is 12.5 Å². The number of carbonyl (C=O) groups is 1. The van der Waals surface area contributed by atoms with Crippen LogP contribution in [0.1, 0.15) is 40.9 Å². The van der Waals surface area contributed by atoms with Crippen molar-refractivity contribution in [3.63, 3.8) is 0 Å². The van der Waals surface area contributed by atoms with Crippen molar-refractivity contribution in [1.29, 1.82) is 0 Å². The van der Waals surface area contributed by atoms with E-state index in [9.17, 15) is 4.79 Å². The van der Waals surface area contributed by atoms with E-state index in [1.807, 2.05) is 30.5 Å². The molecule has 2 aromatic heterocycles. The van der Waals surface area contributed by atoms with Crippen molar-refractivity contribution in [3.05, 3.63) is 58.5 Å². The number of hydrogen-bond donors (Lipinski definition) is 3. The monoisotopic (exact) mass is 391 g/mol. The highest BCUT2D eigenvalue weighted by Gasteiger charge is 2.21. The maximum atomic E-state index is 12.3. The van der Waals surface area contributed by atoms with Crippen LogP contribution >= 0.6 is 0 Å². The zero-order chi connectivity index (χ0) is 20.5. The number of rotatable bonds is 6. The maximum absolute atomic E-state index is 12.3. The minimum Gasteiger partial charge on any atom is -0.378 e. The van der Waals surface area contributed by atoms with Gasteiger partial charge in [0, 0.05) is 25.0 Å². The Balaban J connectivity index is 1.60. The highest BCUT2D eigenvalue weighted by molar-refractivity contribution is 5.90. The Morgan fingerprint density at radius 2 is 1.90 bits per heavy atom. The number of benzene rings is 1. The smallest absolute Gasteiger partial charge is 0.319 e. The molecule has 152 valence electrons. The number of aromatic nitrogens is 2. The summed E-state index contributed by atoms with van der Waals surface area (Å²) in [4.78, 5) is 17.0. The zero-order valence-electron chi connectivity index (χ0n) is 17.6. The third-order valence-electron chi connectivity index (χ3n) is 5.80. The molecule has 6 heteroatoms. The molecule has 1 saturated carbocycles. The topological polar surface area (TPSA) is 70.5 Å². The van der Waals surface area contributed by atoms with Crippen LogP contribution in [-0.2, 0) is 6.54 Å². The van der Waals surface area contributed by atoms with Crippen molar-refractivity contribution >= 4 is 23.1 Å². The van der Waals surface area contributed by atoms with E-state index in [0.717, 1.165) is 35.0 Å². The van der Waals surface area contributed by atoms with E-state index >= 15 is 0 Å². The summed E-state index contributed by atoms with van der Waals surface area (Å²) >= 11 is 0. The summed E-state index contributed by atoms with van der Waals surface area (Å²) < 4.78 is 2.04. The number of anilines is 2. The Hall–Kier alpha value is -3.02. The molecule has 29 heavy (non-hydrogen) atoms. The SMILES string of the molecule is Cc1cccc(C)c1CNc1cc(NC(=O)NCC2CC2)cn2c(C)c(C)nc12. The lowest BCUT2D eigenvalue weighted by Crippen LogP contribution is -2.30. The van der Waals surface area contributed by atoms with Crippen molar-refractivity contribution in [2.24, 2.45) is 5.92 Å². The van der Waals surface area contributed by atoms with Gasteiger partial charge in [-0.15, -0.1) is 0 Å². The molecule has 0 atom stereocenters. The zero-order valence-corrected chi connectivity index (χ0v) is 17.6. The number of carbonyl (C=O) groups excluding carboxylic acids is 1. The normalized spacial score (nSPS) is 13.5. The number of pyridine rings is 1. The first-order chi connectivity index (χ1) is 13.9. The molecule has 3 N–H and O–H groups in total. The van der Waals surface area contributed by atoms with Crippen LogP contribution in [0.15, 0.2) is 30.5 Å². The van der Waals surface area contributed by atoms with E-state index in [-0.39, 0.29) is 6.03 Å². The Labute approximate surface area is 171 Å². The molecule has 0 aliphatic heterocycles. The second-order valence-electron chi connectivity index (χ2n) is 8.12. The summed E-state index contributed by atoms with van der Waals surface area (Å²) in [7, 11) is 0. The molecule has 0 bridgehead atoms. The summed E-state index contributed by atoms with van der Waals surface area (Å²) in [5, 5.41) is 9.48. The third-order valence-corrected chi connectivity index (χ3v) is 5.80. The Bertz CT molecular complexity index is 1040. The number of urea groups is 1. The highest BCUT2D eigenvalue weighted by atomic mass is 16.2. The largest absolute Gasteiger partial charge is 0.378 e. The van der Waals surface area contributed by atoms with Gasteiger partial charge in [0.1, 0.15) is 0 Å². The highest BCUT2D eigenvalue weighted by Crippen LogP contribution is 2.28. The third kappa shape index (κ3) is 4.21. The molecule has 1 aliphatic carbocycles. The lowest BCUT2D eigenvalue weighted by Gasteiger charge is -2.15. The van der Waals surface area contributed by atoms with Crippen molar-refractivity contribution in [2.45, 2.75) is 47.1 Å². The van der Waals surface area contributed by atoms with Gasteiger partial charge in [0.05, 0.1) is 17.1 Å². The summed E-state index contributed by atoms with van der Waals surface area (Å²) in [5.74, 6) is 0.649. The Morgan fingerprint density at radius 1 is 1.17 bits per heavy atom. The fraction of sp³-hybridized carbons (Fsp3) is 0.391. The van der Waals surface area contributed by atoms with E-state index in [2.05, 4.69) is 48.0 Å². The lowest BCUT2D eigenvalue weighted by molar-refractivity contribution is 0.251. The van der Waals surface area contributed by atoms with Crippen molar-refractivity contribution in [2.75, 3.05) is 17.2 Å². The van der Waals surface area contributed by atoms with Crippen molar-refractivity contribution in [3.8, 4) is 0 Å². The molecule has 0 radical (unpaired) electrons. The van der Waals surface area contributed by atoms with E-state index in [1.165, 1.54) is 29.5 Å². The van der Waals surface area contributed by atoms with Crippen LogP contribution < -0.4 is 16.0 Å². The average Bonchev–Trinajstić information content (AvgIpc) is 3.46. The first-order valence-electron chi connectivity index (χ1n) is 10.3. The molecule has 0 saturated heterocycles. The number of amides is 2. The quantitative estimate of drug-likeness (QED) is 0.570. The van der Waals surface area contributed by atoms with Gasteiger partial charge in [0.25, 0.3) is 0 Å². The first-order valence-corrected chi connectivity index (χ1v) is 10.3. The van der Waals surface area contributed by atoms with E-state index in [1.54, 1.807) is 0 Å². The molecular weight excluding hydrogens is 362 g/mol. The summed E-state index contributed by atoms with van der Waals surface area (Å²) in [5.41, 5.74) is 8.38. The first kappa shape index (κ1) is 19.3. The second-order valence-corrected chi connectivity index (χ2v) is 8.12. The minimum atomic E-state index is -0.161. The van der Waals surface area contributed by atoms with Crippen molar-refractivity contribution in [1.82, 2.24) is 14.7 Å². The molecule has 2 amide bonds. The Morgan fingerprint density at radius 3 is 2.59 bits per heavy atom. The second kappa shape index (κ2) is 7.78. The van der Waals surface area contributed by atoms with Gasteiger partial charge in [-0.25, -0.2) is 9.78 Å². The van der Waals surface area contributed by atoms with Crippen LogP contribution in [0.25, 0.3) is 5.65 Å². The summed E-state index contributed by atoms with van der Waals surface area (Å²) in [6.07, 6.45) is 4.36. The number of fused-ring (bicyclic) bond motifs is 1. The van der Waals surface area contributed by atoms with Gasteiger partial charge in [-0.2, -0.15) is 0 Å². The van der Waals surface area contributed by atoms with Crippen LogP contribution in [-0.4, -0.2) is 22.0 Å². The lowest BCUT2D eigenvalue weighted by atomic mass is 10.0. The number of nitrogens with one attached hydrogen (secondary N) is 3. The number of imidazole rings is 1. The van der Waals surface area contributed by atoms with Gasteiger partial charge >= 0.3 is 6.03 Å². The van der Waals surface area contributed by atoms with Gasteiger partial charge in [-0.1, -0.05) is 18.2 Å². The summed E-state index contributed by atoms with van der Waals surface area (Å²) in [6, 6.07) is 8.15. The Kier molecular flexibility index (Phi) is 5.18. The van der Waals surface area contributed by atoms with Gasteiger partial charge in [-0.05, 0) is 69.2 Å². The predicted octanol–water partition coefficient (Wildman–Crippen LogP) is 4.71. The van der Waals surface area contributed by atoms with Gasteiger partial charge < -0.3 is 20.4 Å². The fourth-order valence-corrected chi connectivity index (χ4v) is 3.62. The summed E-state index contributed by atoms with van der Waals surface area (Å²) in [6.45, 7) is 9.76.